The van der Waals surface area contributed by atoms with E-state index in [0.29, 0.717) is 24.8 Å². The molecule has 47 heteroatoms. The summed E-state index contributed by atoms with van der Waals surface area (Å²) in [5.41, 5.74) is 52.5. The van der Waals surface area contributed by atoms with E-state index < -0.39 is 216 Å². The largest absolute Gasteiger partial charge is 0.394 e. The second-order valence-electron chi connectivity index (χ2n) is 33.8. The van der Waals surface area contributed by atoms with Crippen LogP contribution in [0.25, 0.3) is 0 Å². The van der Waals surface area contributed by atoms with E-state index in [-0.39, 0.29) is 146 Å². The summed E-state index contributed by atoms with van der Waals surface area (Å²) in [5, 5.41) is 54.5. The number of aliphatic hydroxyl groups is 2. The van der Waals surface area contributed by atoms with Crippen molar-refractivity contribution in [2.45, 2.75) is 305 Å². The molecule has 3 aliphatic rings. The number of nitrogens with one attached hydrogen (secondary N) is 13. The Labute approximate surface area is 744 Å². The van der Waals surface area contributed by atoms with Crippen LogP contribution in [0.5, 0.6) is 0 Å². The van der Waals surface area contributed by atoms with Gasteiger partial charge in [-0.2, -0.15) is 0 Å². The third kappa shape index (κ3) is 39.0. The molecule has 1 aliphatic heterocycles. The molecule has 17 amide bonds. The lowest BCUT2D eigenvalue weighted by molar-refractivity contribution is -0.143. The van der Waals surface area contributed by atoms with Crippen LogP contribution in [-0.2, 0) is 87.9 Å². The number of aliphatic imine (C=N–C) groups is 3. The van der Waals surface area contributed by atoms with Gasteiger partial charge in [0.25, 0.3) is 0 Å². The Bertz CT molecular complexity index is 4020. The average molecular weight is 1810 g/mol. The predicted molar refractivity (Wildman–Crippen MR) is 469 cm³/mol. The monoisotopic (exact) mass is 1810 g/mol. The lowest BCUT2D eigenvalue weighted by Gasteiger charge is -2.33. The molecule has 128 heavy (non-hydrogen) atoms. The molecule has 35 N–H and O–H groups in total. The van der Waals surface area contributed by atoms with Gasteiger partial charge < -0.3 is 142 Å². The summed E-state index contributed by atoms with van der Waals surface area (Å²) in [6.07, 6.45) is 8.05. The summed E-state index contributed by atoms with van der Waals surface area (Å²) in [5.74, 6) is -17.0. The van der Waals surface area contributed by atoms with Crippen molar-refractivity contribution < 1.29 is 91.7 Å². The van der Waals surface area contributed by atoms with Crippen LogP contribution in [-0.4, -0.2) is 267 Å². The maximum Gasteiger partial charge on any atom is 0.248 e. The van der Waals surface area contributed by atoms with Gasteiger partial charge in [-0.05, 0) is 161 Å². The van der Waals surface area contributed by atoms with E-state index in [1.807, 2.05) is 0 Å². The number of likely N-dealkylation sites (tertiary alicyclic amines) is 1. The minimum Gasteiger partial charge on any atom is -0.394 e. The highest BCUT2D eigenvalue weighted by Crippen LogP contribution is 2.30. The first-order valence-corrected chi connectivity index (χ1v) is 43.5. The van der Waals surface area contributed by atoms with Gasteiger partial charge in [0.1, 0.15) is 83.6 Å². The Balaban J connectivity index is 1.59. The lowest BCUT2D eigenvalue weighted by Crippen LogP contribution is -2.65. The van der Waals surface area contributed by atoms with Gasteiger partial charge in [0, 0.05) is 58.3 Å². The number of amides is 17. The third-order valence-electron chi connectivity index (χ3n) is 22.1. The number of rotatable bonds is 56. The van der Waals surface area contributed by atoms with E-state index in [1.54, 1.807) is 12.1 Å². The molecule has 0 aromatic carbocycles. The molecule has 2 aliphatic carbocycles. The van der Waals surface area contributed by atoms with Gasteiger partial charge in [-0.3, -0.25) is 101 Å². The van der Waals surface area contributed by atoms with E-state index in [4.69, 9.17) is 57.3 Å². The minimum atomic E-state index is -2.06. The summed E-state index contributed by atoms with van der Waals surface area (Å²) in [4.78, 5) is 255. The van der Waals surface area contributed by atoms with Crippen molar-refractivity contribution in [1.82, 2.24) is 79.0 Å². The van der Waals surface area contributed by atoms with Gasteiger partial charge in [-0.15, -0.1) is 0 Å². The van der Waals surface area contributed by atoms with Crippen molar-refractivity contribution in [3.63, 3.8) is 0 Å². The van der Waals surface area contributed by atoms with Crippen molar-refractivity contribution in [3.05, 3.63) is 30.1 Å². The van der Waals surface area contributed by atoms with Crippen molar-refractivity contribution in [2.24, 2.45) is 84.1 Å². The van der Waals surface area contributed by atoms with Crippen molar-refractivity contribution in [3.8, 4) is 0 Å². The fraction of sp³-hybridized carbons (Fsp3) is 0.691. The number of aliphatic hydroxyl groups excluding tert-OH is 2. The normalized spacial score (nSPS) is 17.0. The quantitative estimate of drug-likeness (QED) is 0.0164. The molecule has 0 radical (unpaired) electrons. The molecule has 3 fully saturated rings. The molecule has 47 nitrogen and oxygen atoms in total. The topological polar surface area (TPSA) is 800 Å². The molecule has 0 spiro atoms. The fourth-order valence-corrected chi connectivity index (χ4v) is 15.1. The maximum absolute atomic E-state index is 15.0. The van der Waals surface area contributed by atoms with Gasteiger partial charge in [-0.1, -0.05) is 64.2 Å². The minimum absolute atomic E-state index is 0.00340. The number of nitrogens with two attached hydrogens (primary N) is 10. The van der Waals surface area contributed by atoms with Crippen LogP contribution in [0.4, 0.5) is 0 Å². The van der Waals surface area contributed by atoms with Crippen molar-refractivity contribution in [1.29, 1.82) is 0 Å². The van der Waals surface area contributed by atoms with Crippen molar-refractivity contribution >= 4 is 118 Å². The Morgan fingerprint density at radius 3 is 1.30 bits per heavy atom. The number of guanidine groups is 3. The maximum atomic E-state index is 15.0. The number of nitrogens with zero attached hydrogens (tertiary/aromatic N) is 5. The van der Waals surface area contributed by atoms with E-state index in [0.717, 1.165) is 65.2 Å². The second-order valence-corrected chi connectivity index (χ2v) is 33.8. The molecular weight excluding hydrogens is 1670 g/mol. The van der Waals surface area contributed by atoms with Gasteiger partial charge in [0.2, 0.25) is 100 Å². The number of primary amides is 3. The molecule has 0 bridgehead atoms. The summed E-state index contributed by atoms with van der Waals surface area (Å²) in [6.45, 7) is 6.51. The molecule has 0 unspecified atom stereocenters. The molecule has 1 saturated heterocycles. The average Bonchev–Trinajstić information content (AvgIpc) is 1.65. The van der Waals surface area contributed by atoms with E-state index >= 15 is 0 Å². The Morgan fingerprint density at radius 1 is 0.453 bits per heavy atom. The number of hydrogen-bond donors (Lipinski definition) is 25. The zero-order valence-corrected chi connectivity index (χ0v) is 74.1. The molecule has 716 valence electrons. The Kier molecular flexibility index (Phi) is 46.3. The summed E-state index contributed by atoms with van der Waals surface area (Å²) in [7, 11) is 0. The van der Waals surface area contributed by atoms with Crippen LogP contribution < -0.4 is 126 Å². The summed E-state index contributed by atoms with van der Waals surface area (Å²) < 4.78 is 0. The second kappa shape index (κ2) is 54.8. The first-order valence-electron chi connectivity index (χ1n) is 43.5. The Hall–Kier alpha value is -12.2. The highest BCUT2D eigenvalue weighted by atomic mass is 16.3. The summed E-state index contributed by atoms with van der Waals surface area (Å²) >= 11 is 0. The molecule has 13 atom stereocenters. The number of aromatic nitrogens is 1. The molecule has 2 saturated carbocycles. The zero-order valence-electron chi connectivity index (χ0n) is 74.1. The predicted octanol–water partition coefficient (Wildman–Crippen LogP) is -8.01. The van der Waals surface area contributed by atoms with E-state index in [9.17, 15) is 91.7 Å². The molecular formula is C81H138N28O19. The van der Waals surface area contributed by atoms with Gasteiger partial charge >= 0.3 is 0 Å². The van der Waals surface area contributed by atoms with Crippen LogP contribution >= 0.6 is 0 Å². The van der Waals surface area contributed by atoms with Crippen molar-refractivity contribution in [2.75, 3.05) is 39.3 Å². The Morgan fingerprint density at radius 2 is 0.859 bits per heavy atom. The van der Waals surface area contributed by atoms with Gasteiger partial charge in [-0.25, -0.2) is 0 Å². The third-order valence-corrected chi connectivity index (χ3v) is 22.1. The standard InChI is InChI=1S/C81H138N28O19/c1-44(111)62(73(125)101-51(26-17-35-95-79(90)91)64(116)99-53(28-29-60(83)113)67(119)97-49(24-15-33-93-77(86)87)65(117)102-54(63(85)115)39-46-19-9-7-10-20-46)106-76(128)81(5,6)107-70(122)52(23-13-14-32-82)98-69(121)57(42-61(84)114)105-75(127)80(3,4)108-71(123)56(40-47-21-11-8-12-22-47)104-68(120)55(41-48-30-36-92-37-31-48)103-66(118)50(25-16-34-94-78(88)89)100-72(124)59-27-18-38-109(59)74(126)58(43-110)96-45(2)112/h30-31,36-37,44,46-47,49-59,62,110-111H,7-29,32-35,38-43,82H2,1-6H3,(H2,83,113)(H2,84,114)(H2,85,115)(H,96,112)(H,97,119)(H,98,121)(H,99,116)(H,100,124)(H,101,125)(H,102,117)(H,103,118)(H,104,120)(H,105,127)(H,106,128)(H,107,122)(H,108,123)(H4,86,87,93)(H4,88,89,94)(H4,90,91,95)/t44-,49+,50+,51+,52+,53+,54+,55+,56+,57+,58+,59-,62+/m1/s1. The van der Waals surface area contributed by atoms with E-state index in [1.165, 1.54) is 45.0 Å². The summed E-state index contributed by atoms with van der Waals surface area (Å²) in [6, 6.07) is -14.9. The van der Waals surface area contributed by atoms with E-state index in [2.05, 4.69) is 89.1 Å². The SMILES string of the molecule is CC(=O)N[C@@H](CO)C(=O)N1CCC[C@@H]1C(=O)N[C@@H](CCCN=C(N)N)C(=O)N[C@@H](Cc1ccncc1)C(=O)N[C@@H](CC1CCCCC1)C(=O)NC(C)(C)C(=O)N[C@@H](CC(N)=O)C(=O)N[C@@H](CCCCN)C(=O)NC(C)(C)C(=O)N[C@H](C(=O)N[C@@H](CCCN=C(N)N)C(=O)N[C@@H](CCC(N)=O)C(=O)N[C@@H](CCCN=C(N)N)C(=O)N[C@@H](CC1CCCCC1)C(N)=O)[C@@H](C)O. The molecule has 2 heterocycles. The number of unbranched alkanes of at least 4 members (excludes halogenated alkanes) is 1. The smallest absolute Gasteiger partial charge is 0.248 e. The van der Waals surface area contributed by atoms with Crippen LogP contribution in [0.3, 0.4) is 0 Å². The van der Waals surface area contributed by atoms with Crippen LogP contribution in [0.2, 0.25) is 0 Å². The zero-order chi connectivity index (χ0) is 95.5. The number of hydrogen-bond acceptors (Lipinski definition) is 24. The first-order chi connectivity index (χ1) is 60.4. The van der Waals surface area contributed by atoms with Crippen LogP contribution in [0.15, 0.2) is 39.5 Å². The number of carbonyl (C=O) groups excluding carboxylic acids is 17. The molecule has 1 aromatic rings. The fourth-order valence-electron chi connectivity index (χ4n) is 15.1. The van der Waals surface area contributed by atoms with Crippen LogP contribution in [0.1, 0.15) is 214 Å². The molecule has 1 aromatic heterocycles. The van der Waals surface area contributed by atoms with Gasteiger partial charge in [0.15, 0.2) is 17.9 Å². The molecule has 4 rings (SSSR count). The highest BCUT2D eigenvalue weighted by Gasteiger charge is 2.44. The van der Waals surface area contributed by atoms with Gasteiger partial charge in [0.05, 0.1) is 19.1 Å². The highest BCUT2D eigenvalue weighted by molar-refractivity contribution is 6.02. The number of carbonyl (C=O) groups is 17. The van der Waals surface area contributed by atoms with Crippen LogP contribution in [0, 0.1) is 11.8 Å². The first kappa shape index (κ1) is 108. The number of pyridine rings is 1. The lowest BCUT2D eigenvalue weighted by atomic mass is 9.84.